The molecule has 1 heterocycles. The average Bonchev–Trinajstić information content (AvgIpc) is 3.45. The third-order valence-corrected chi connectivity index (χ3v) is 9.10. The van der Waals surface area contributed by atoms with E-state index < -0.39 is 0 Å². The zero-order valence-corrected chi connectivity index (χ0v) is 24.0. The van der Waals surface area contributed by atoms with E-state index >= 15 is 0 Å². The number of hydrogen-bond donors (Lipinski definition) is 2. The largest absolute Gasteiger partial charge is 0.508 e. The third kappa shape index (κ3) is 6.32. The Bertz CT molecular complexity index is 1170. The first-order chi connectivity index (χ1) is 18.5. The molecule has 0 bridgehead atoms. The minimum absolute atomic E-state index is 0.268. The fourth-order valence-electron chi connectivity index (χ4n) is 4.56. The van der Waals surface area contributed by atoms with Crippen LogP contribution < -0.4 is 29.0 Å². The van der Waals surface area contributed by atoms with Gasteiger partial charge in [-0.1, -0.05) is 0 Å². The van der Waals surface area contributed by atoms with Gasteiger partial charge in [-0.3, -0.25) is 0 Å². The first-order valence-corrected chi connectivity index (χ1v) is 14.3. The molecule has 0 amide bonds. The molecule has 38 heavy (non-hydrogen) atoms. The zero-order valence-electron chi connectivity index (χ0n) is 22.4. The Kier molecular flexibility index (Phi) is 9.69. The minimum atomic E-state index is 0.268. The van der Waals surface area contributed by atoms with Crippen molar-refractivity contribution in [2.24, 2.45) is 0 Å². The highest BCUT2D eigenvalue weighted by Crippen LogP contribution is 2.55. The SMILES string of the molecule is CNc1cc(C2CCC(c3cc(OC)c(OC)c(OC)c3)S2)cc(OC)c1OCCSc1ccc(O)cc1. The van der Waals surface area contributed by atoms with Crippen molar-refractivity contribution in [3.8, 4) is 34.5 Å². The number of phenolic OH excluding ortho intramolecular Hbond substituents is 1. The molecule has 3 aromatic rings. The molecule has 3 aromatic carbocycles. The fourth-order valence-corrected chi connectivity index (χ4v) is 6.81. The van der Waals surface area contributed by atoms with E-state index in [1.807, 2.05) is 43.1 Å². The monoisotopic (exact) mass is 557 g/mol. The lowest BCUT2D eigenvalue weighted by atomic mass is 10.0. The van der Waals surface area contributed by atoms with Crippen molar-refractivity contribution in [2.45, 2.75) is 28.2 Å². The van der Waals surface area contributed by atoms with E-state index in [-0.39, 0.29) is 5.75 Å². The Morgan fingerprint density at radius 2 is 1.37 bits per heavy atom. The molecular formula is C29H35NO6S2. The topological polar surface area (TPSA) is 78.4 Å². The molecule has 2 atom stereocenters. The van der Waals surface area contributed by atoms with Gasteiger partial charge in [0.15, 0.2) is 23.0 Å². The quantitative estimate of drug-likeness (QED) is 0.182. The average molecular weight is 558 g/mol. The fraction of sp³-hybridized carbons (Fsp3) is 0.379. The van der Waals surface area contributed by atoms with E-state index in [0.29, 0.717) is 40.1 Å². The lowest BCUT2D eigenvalue weighted by molar-refractivity contribution is 0.315. The number of methoxy groups -OCH3 is 4. The number of nitrogens with one attached hydrogen (secondary N) is 1. The smallest absolute Gasteiger partial charge is 0.203 e. The van der Waals surface area contributed by atoms with Crippen molar-refractivity contribution in [2.75, 3.05) is 53.2 Å². The predicted molar refractivity (Wildman–Crippen MR) is 155 cm³/mol. The summed E-state index contributed by atoms with van der Waals surface area (Å²) in [6.07, 6.45) is 2.08. The van der Waals surface area contributed by atoms with Gasteiger partial charge in [0.25, 0.3) is 0 Å². The maximum Gasteiger partial charge on any atom is 0.203 e. The Hall–Kier alpha value is -3.04. The van der Waals surface area contributed by atoms with Crippen LogP contribution in [0.5, 0.6) is 34.5 Å². The molecule has 0 aliphatic carbocycles. The summed E-state index contributed by atoms with van der Waals surface area (Å²) in [6.45, 7) is 0.525. The normalized spacial score (nSPS) is 16.7. The number of aromatic hydroxyl groups is 1. The van der Waals surface area contributed by atoms with Crippen LogP contribution in [0, 0.1) is 0 Å². The van der Waals surface area contributed by atoms with Crippen molar-refractivity contribution in [1.82, 2.24) is 0 Å². The van der Waals surface area contributed by atoms with E-state index in [1.54, 1.807) is 52.3 Å². The molecule has 2 N–H and O–H groups in total. The van der Waals surface area contributed by atoms with Gasteiger partial charge in [-0.15, -0.1) is 23.5 Å². The van der Waals surface area contributed by atoms with Gasteiger partial charge in [-0.2, -0.15) is 0 Å². The van der Waals surface area contributed by atoms with Crippen molar-refractivity contribution in [1.29, 1.82) is 0 Å². The summed E-state index contributed by atoms with van der Waals surface area (Å²) in [7, 11) is 8.49. The Morgan fingerprint density at radius 1 is 0.816 bits per heavy atom. The highest BCUT2D eigenvalue weighted by molar-refractivity contribution is 8.00. The maximum atomic E-state index is 9.46. The van der Waals surface area contributed by atoms with Crippen molar-refractivity contribution >= 4 is 29.2 Å². The molecule has 1 aliphatic rings. The molecule has 7 nitrogen and oxygen atoms in total. The summed E-state index contributed by atoms with van der Waals surface area (Å²) in [5.41, 5.74) is 3.28. The van der Waals surface area contributed by atoms with E-state index in [9.17, 15) is 5.11 Å². The molecular weight excluding hydrogens is 522 g/mol. The second-order valence-corrected chi connectivity index (χ2v) is 11.3. The van der Waals surface area contributed by atoms with Gasteiger partial charge in [0, 0.05) is 28.2 Å². The number of ether oxygens (including phenoxy) is 5. The second kappa shape index (κ2) is 13.2. The summed E-state index contributed by atoms with van der Waals surface area (Å²) in [5, 5.41) is 13.4. The van der Waals surface area contributed by atoms with Gasteiger partial charge in [-0.05, 0) is 72.5 Å². The molecule has 4 rings (SSSR count). The maximum absolute atomic E-state index is 9.46. The first-order valence-electron chi connectivity index (χ1n) is 12.4. The summed E-state index contributed by atoms with van der Waals surface area (Å²) >= 11 is 3.61. The molecule has 0 aromatic heterocycles. The third-order valence-electron chi connectivity index (χ3n) is 6.45. The number of anilines is 1. The van der Waals surface area contributed by atoms with Crippen LogP contribution in [0.4, 0.5) is 5.69 Å². The number of benzene rings is 3. The summed E-state index contributed by atoms with van der Waals surface area (Å²) in [6, 6.07) is 15.5. The molecule has 2 unspecified atom stereocenters. The Morgan fingerprint density at radius 3 is 1.89 bits per heavy atom. The van der Waals surface area contributed by atoms with E-state index in [4.69, 9.17) is 23.7 Å². The summed E-state index contributed by atoms with van der Waals surface area (Å²) in [5.74, 6) is 4.44. The molecule has 1 fully saturated rings. The van der Waals surface area contributed by atoms with Gasteiger partial charge in [0.05, 0.1) is 40.7 Å². The minimum Gasteiger partial charge on any atom is -0.508 e. The van der Waals surface area contributed by atoms with Crippen LogP contribution in [0.1, 0.15) is 34.5 Å². The molecule has 204 valence electrons. The number of phenols is 1. The van der Waals surface area contributed by atoms with Crippen molar-refractivity contribution < 1.29 is 28.8 Å². The van der Waals surface area contributed by atoms with Crippen LogP contribution in [0.15, 0.2) is 53.4 Å². The van der Waals surface area contributed by atoms with Gasteiger partial charge in [-0.25, -0.2) is 0 Å². The first kappa shape index (κ1) is 28.0. The zero-order chi connectivity index (χ0) is 27.1. The number of thioether (sulfide) groups is 2. The van der Waals surface area contributed by atoms with Crippen LogP contribution in [0.2, 0.25) is 0 Å². The highest BCUT2D eigenvalue weighted by Gasteiger charge is 2.30. The molecule has 0 saturated carbocycles. The van der Waals surface area contributed by atoms with Gasteiger partial charge < -0.3 is 34.1 Å². The van der Waals surface area contributed by atoms with Crippen molar-refractivity contribution in [3.63, 3.8) is 0 Å². The molecule has 1 aliphatic heterocycles. The Labute approximate surface area is 233 Å². The number of hydrogen-bond acceptors (Lipinski definition) is 9. The van der Waals surface area contributed by atoms with Gasteiger partial charge in [0.1, 0.15) is 5.75 Å². The molecule has 0 radical (unpaired) electrons. The molecule has 9 heteroatoms. The highest BCUT2D eigenvalue weighted by atomic mass is 32.2. The lowest BCUT2D eigenvalue weighted by Gasteiger charge is -2.20. The van der Waals surface area contributed by atoms with Crippen LogP contribution in [-0.2, 0) is 0 Å². The van der Waals surface area contributed by atoms with Crippen LogP contribution in [-0.4, -0.2) is 53.0 Å². The van der Waals surface area contributed by atoms with Gasteiger partial charge >= 0.3 is 0 Å². The predicted octanol–water partition coefficient (Wildman–Crippen LogP) is 6.95. The van der Waals surface area contributed by atoms with E-state index in [0.717, 1.165) is 34.9 Å². The summed E-state index contributed by atoms with van der Waals surface area (Å²) < 4.78 is 28.6. The Balaban J connectivity index is 1.46. The van der Waals surface area contributed by atoms with Crippen molar-refractivity contribution in [3.05, 3.63) is 59.7 Å². The van der Waals surface area contributed by atoms with Crippen LogP contribution >= 0.6 is 23.5 Å². The molecule has 1 saturated heterocycles. The van der Waals surface area contributed by atoms with E-state index in [1.165, 1.54) is 11.1 Å². The van der Waals surface area contributed by atoms with E-state index in [2.05, 4.69) is 17.4 Å². The van der Waals surface area contributed by atoms with Gasteiger partial charge in [0.2, 0.25) is 5.75 Å². The standard InChI is InChI=1S/C29H35NO6S2/c1-30-22-14-18(15-23(32-2)28(22)36-12-13-37-21-8-6-20(31)7-9-21)26-10-11-27(38-26)19-16-24(33-3)29(35-5)25(17-19)34-4/h6-9,14-17,26-27,30-31H,10-13H2,1-5H3. The number of rotatable bonds is 12. The summed E-state index contributed by atoms with van der Waals surface area (Å²) in [4.78, 5) is 1.09. The van der Waals surface area contributed by atoms with Crippen LogP contribution in [0.3, 0.4) is 0 Å². The lowest BCUT2D eigenvalue weighted by Crippen LogP contribution is -2.06. The van der Waals surface area contributed by atoms with Crippen LogP contribution in [0.25, 0.3) is 0 Å². The molecule has 0 spiro atoms. The second-order valence-electron chi connectivity index (χ2n) is 8.69.